The van der Waals surface area contributed by atoms with Crippen LogP contribution in [0.25, 0.3) is 11.4 Å². The number of carbonyl (C=O) groups excluding carboxylic acids is 1. The van der Waals surface area contributed by atoms with Crippen molar-refractivity contribution in [2.24, 2.45) is 0 Å². The van der Waals surface area contributed by atoms with Gasteiger partial charge in [0.2, 0.25) is 11.1 Å². The molecule has 0 aliphatic heterocycles. The zero-order valence-electron chi connectivity index (χ0n) is 14.9. The quantitative estimate of drug-likeness (QED) is 0.447. The summed E-state index contributed by atoms with van der Waals surface area (Å²) >= 11 is 6.83. The zero-order valence-corrected chi connectivity index (χ0v) is 16.4. The van der Waals surface area contributed by atoms with Crippen molar-refractivity contribution in [3.05, 3.63) is 53.3 Å². The number of rotatable bonds is 7. The van der Waals surface area contributed by atoms with Gasteiger partial charge in [0, 0.05) is 11.3 Å². The first-order valence-electron chi connectivity index (χ1n) is 8.29. The number of halogens is 2. The maximum absolute atomic E-state index is 13.2. The molecule has 146 valence electrons. The van der Waals surface area contributed by atoms with E-state index in [9.17, 15) is 9.18 Å². The van der Waals surface area contributed by atoms with Gasteiger partial charge in [-0.25, -0.2) is 9.07 Å². The number of anilines is 1. The largest absolute Gasteiger partial charge is 0.494 e. The first-order valence-corrected chi connectivity index (χ1v) is 9.65. The Morgan fingerprint density at radius 2 is 2.04 bits per heavy atom. The van der Waals surface area contributed by atoms with Gasteiger partial charge >= 0.3 is 0 Å². The number of nitrogen functional groups attached to an aromatic ring is 1. The second-order valence-corrected chi connectivity index (χ2v) is 6.95. The molecule has 3 aromatic rings. The minimum atomic E-state index is -0.549. The molecule has 0 saturated heterocycles. The van der Waals surface area contributed by atoms with E-state index in [-0.39, 0.29) is 16.7 Å². The number of amides is 1. The van der Waals surface area contributed by atoms with Gasteiger partial charge in [0.15, 0.2) is 5.82 Å². The molecular weight excluding hydrogens is 405 g/mol. The summed E-state index contributed by atoms with van der Waals surface area (Å²) in [4.78, 5) is 12.1. The van der Waals surface area contributed by atoms with Crippen LogP contribution < -0.4 is 15.9 Å². The molecule has 3 N–H and O–H groups in total. The van der Waals surface area contributed by atoms with E-state index in [1.807, 2.05) is 31.2 Å². The number of nitrogens with zero attached hydrogens (tertiary/aromatic N) is 3. The van der Waals surface area contributed by atoms with E-state index < -0.39 is 5.82 Å². The third kappa shape index (κ3) is 4.73. The lowest BCUT2D eigenvalue weighted by atomic mass is 10.2. The molecule has 28 heavy (non-hydrogen) atoms. The summed E-state index contributed by atoms with van der Waals surface area (Å²) in [5, 5.41) is 11.1. The highest BCUT2D eigenvalue weighted by Crippen LogP contribution is 2.24. The summed E-state index contributed by atoms with van der Waals surface area (Å²) in [5.74, 6) is 6.47. The fourth-order valence-electron chi connectivity index (χ4n) is 2.34. The predicted octanol–water partition coefficient (Wildman–Crippen LogP) is 3.58. The van der Waals surface area contributed by atoms with E-state index >= 15 is 0 Å². The highest BCUT2D eigenvalue weighted by atomic mass is 35.5. The van der Waals surface area contributed by atoms with Crippen LogP contribution in [0.5, 0.6) is 5.75 Å². The molecule has 0 aliphatic carbocycles. The lowest BCUT2D eigenvalue weighted by Gasteiger charge is -2.07. The second kappa shape index (κ2) is 8.94. The molecule has 0 radical (unpaired) electrons. The maximum atomic E-state index is 13.2. The first kappa shape index (κ1) is 20.0. The SMILES string of the molecule is CCOc1ccc(-c2nnc(SCC(=O)Nc3ccc(F)c(Cl)c3)n2N)cc1. The van der Waals surface area contributed by atoms with Gasteiger partial charge in [-0.1, -0.05) is 23.4 Å². The average Bonchev–Trinajstić information content (AvgIpc) is 3.04. The summed E-state index contributed by atoms with van der Waals surface area (Å²) < 4.78 is 19.9. The Hall–Kier alpha value is -2.78. The fourth-order valence-corrected chi connectivity index (χ4v) is 3.18. The van der Waals surface area contributed by atoms with Crippen LogP contribution in [0.2, 0.25) is 5.02 Å². The Balaban J connectivity index is 1.62. The van der Waals surface area contributed by atoms with Gasteiger partial charge in [-0.15, -0.1) is 10.2 Å². The molecule has 1 amide bonds. The smallest absolute Gasteiger partial charge is 0.234 e. The molecule has 0 atom stereocenters. The van der Waals surface area contributed by atoms with Gasteiger partial charge < -0.3 is 15.9 Å². The van der Waals surface area contributed by atoms with Crippen LogP contribution in [-0.4, -0.2) is 33.1 Å². The minimum absolute atomic E-state index is 0.0492. The molecule has 1 heterocycles. The number of nitrogens with two attached hydrogens (primary N) is 1. The molecule has 0 spiro atoms. The molecule has 0 saturated carbocycles. The van der Waals surface area contributed by atoms with Crippen molar-refractivity contribution >= 4 is 35.0 Å². The number of ether oxygens (including phenoxy) is 1. The summed E-state index contributed by atoms with van der Waals surface area (Å²) in [6, 6.07) is 11.3. The topological polar surface area (TPSA) is 95.1 Å². The molecule has 10 heteroatoms. The highest BCUT2D eigenvalue weighted by molar-refractivity contribution is 7.99. The third-order valence-corrected chi connectivity index (χ3v) is 4.86. The fraction of sp³-hybridized carbons (Fsp3) is 0.167. The second-order valence-electron chi connectivity index (χ2n) is 5.60. The number of nitrogens with one attached hydrogen (secondary N) is 1. The molecule has 3 rings (SSSR count). The van der Waals surface area contributed by atoms with E-state index in [4.69, 9.17) is 22.2 Å². The molecule has 2 aromatic carbocycles. The van der Waals surface area contributed by atoms with E-state index in [2.05, 4.69) is 15.5 Å². The molecular formula is C18H17ClFN5O2S. The summed E-state index contributed by atoms with van der Waals surface area (Å²) in [6.45, 7) is 2.49. The van der Waals surface area contributed by atoms with Crippen molar-refractivity contribution in [2.75, 3.05) is 23.5 Å². The van der Waals surface area contributed by atoms with Crippen LogP contribution >= 0.6 is 23.4 Å². The Kier molecular flexibility index (Phi) is 6.37. The number of thioether (sulfide) groups is 1. The third-order valence-electron chi connectivity index (χ3n) is 3.62. The molecule has 0 bridgehead atoms. The molecule has 0 aliphatic rings. The number of hydrogen-bond acceptors (Lipinski definition) is 6. The van der Waals surface area contributed by atoms with Gasteiger partial charge in [0.1, 0.15) is 11.6 Å². The van der Waals surface area contributed by atoms with Crippen molar-refractivity contribution in [3.8, 4) is 17.1 Å². The van der Waals surface area contributed by atoms with Crippen molar-refractivity contribution in [1.82, 2.24) is 14.9 Å². The lowest BCUT2D eigenvalue weighted by Crippen LogP contribution is -2.16. The van der Waals surface area contributed by atoms with Gasteiger partial charge in [-0.05, 0) is 49.4 Å². The van der Waals surface area contributed by atoms with Crippen LogP contribution in [-0.2, 0) is 4.79 Å². The summed E-state index contributed by atoms with van der Waals surface area (Å²) in [6.07, 6.45) is 0. The minimum Gasteiger partial charge on any atom is -0.494 e. The predicted molar refractivity (Wildman–Crippen MR) is 108 cm³/mol. The van der Waals surface area contributed by atoms with Gasteiger partial charge in [-0.3, -0.25) is 4.79 Å². The van der Waals surface area contributed by atoms with Crippen molar-refractivity contribution < 1.29 is 13.9 Å². The number of hydrogen-bond donors (Lipinski definition) is 2. The van der Waals surface area contributed by atoms with Crippen molar-refractivity contribution in [3.63, 3.8) is 0 Å². The Bertz CT molecular complexity index is 981. The van der Waals surface area contributed by atoms with Gasteiger partial charge in [-0.2, -0.15) is 0 Å². The van der Waals surface area contributed by atoms with Crippen LogP contribution in [0.1, 0.15) is 6.92 Å². The molecule has 0 fully saturated rings. The lowest BCUT2D eigenvalue weighted by molar-refractivity contribution is -0.113. The standard InChI is InChI=1S/C18H17ClFN5O2S/c1-2-27-13-6-3-11(4-7-13)17-23-24-18(25(17)21)28-10-16(26)22-12-5-8-15(20)14(19)9-12/h3-9H,2,10,21H2,1H3,(H,22,26). The van der Waals surface area contributed by atoms with Crippen molar-refractivity contribution in [2.45, 2.75) is 12.1 Å². The number of aromatic nitrogens is 3. The monoisotopic (exact) mass is 421 g/mol. The number of carbonyl (C=O) groups is 1. The van der Waals surface area contributed by atoms with Crippen LogP contribution in [0.3, 0.4) is 0 Å². The van der Waals surface area contributed by atoms with Crippen LogP contribution in [0.4, 0.5) is 10.1 Å². The van der Waals surface area contributed by atoms with E-state index in [1.165, 1.54) is 22.9 Å². The Labute approximate surface area is 170 Å². The summed E-state index contributed by atoms with van der Waals surface area (Å²) in [7, 11) is 0. The zero-order chi connectivity index (χ0) is 20.1. The Morgan fingerprint density at radius 3 is 2.71 bits per heavy atom. The average molecular weight is 422 g/mol. The first-order chi connectivity index (χ1) is 13.5. The van der Waals surface area contributed by atoms with Gasteiger partial charge in [0.25, 0.3) is 0 Å². The molecule has 1 aromatic heterocycles. The van der Waals surface area contributed by atoms with Gasteiger partial charge in [0.05, 0.1) is 17.4 Å². The normalized spacial score (nSPS) is 10.7. The molecule has 7 nitrogen and oxygen atoms in total. The maximum Gasteiger partial charge on any atom is 0.234 e. The van der Waals surface area contributed by atoms with Crippen molar-refractivity contribution in [1.29, 1.82) is 0 Å². The summed E-state index contributed by atoms with van der Waals surface area (Å²) in [5.41, 5.74) is 1.18. The number of benzene rings is 2. The highest BCUT2D eigenvalue weighted by Gasteiger charge is 2.14. The van der Waals surface area contributed by atoms with E-state index in [0.717, 1.165) is 23.1 Å². The van der Waals surface area contributed by atoms with E-state index in [0.29, 0.717) is 23.3 Å². The van der Waals surface area contributed by atoms with E-state index in [1.54, 1.807) is 0 Å². The Morgan fingerprint density at radius 1 is 1.29 bits per heavy atom. The molecule has 0 unspecified atom stereocenters. The van der Waals surface area contributed by atoms with Crippen LogP contribution in [0.15, 0.2) is 47.6 Å². The van der Waals surface area contributed by atoms with Crippen LogP contribution in [0, 0.1) is 5.82 Å².